The first-order valence-corrected chi connectivity index (χ1v) is 4.76. The van der Waals surface area contributed by atoms with E-state index < -0.39 is 0 Å². The van der Waals surface area contributed by atoms with Crippen molar-refractivity contribution in [2.75, 3.05) is 0 Å². The second-order valence-corrected chi connectivity index (χ2v) is 3.57. The van der Waals surface area contributed by atoms with Gasteiger partial charge in [-0.2, -0.15) is 5.10 Å². The first kappa shape index (κ1) is 8.50. The van der Waals surface area contributed by atoms with Crippen LogP contribution >= 0.6 is 15.9 Å². The maximum Gasteiger partial charge on any atom is 0.263 e. The predicted octanol–water partition coefficient (Wildman–Crippen LogP) is 1.51. The fraction of sp³-hybridized carbons (Fsp3) is 0.250. The molecule has 0 aliphatic carbocycles. The average molecular weight is 242 g/mol. The Bertz CT molecular complexity index is 500. The molecule has 4 nitrogen and oxygen atoms in total. The average Bonchev–Trinajstić information content (AvgIpc) is 2.48. The molecule has 0 amide bonds. The number of H-pyrrole nitrogens is 1. The van der Waals surface area contributed by atoms with Crippen LogP contribution < -0.4 is 5.56 Å². The molecule has 0 aliphatic rings. The van der Waals surface area contributed by atoms with Gasteiger partial charge in [0.25, 0.3) is 5.56 Å². The summed E-state index contributed by atoms with van der Waals surface area (Å²) >= 11 is 3.17. The summed E-state index contributed by atoms with van der Waals surface area (Å²) in [7, 11) is 0. The summed E-state index contributed by atoms with van der Waals surface area (Å²) in [5.41, 5.74) is 0.651. The highest BCUT2D eigenvalue weighted by molar-refractivity contribution is 9.10. The summed E-state index contributed by atoms with van der Waals surface area (Å²) in [4.78, 5) is 14.0. The van der Waals surface area contributed by atoms with Crippen LogP contribution in [0.15, 0.2) is 21.5 Å². The van der Waals surface area contributed by atoms with Crippen molar-refractivity contribution in [1.29, 1.82) is 0 Å². The van der Waals surface area contributed by atoms with Crippen molar-refractivity contribution in [3.8, 4) is 0 Å². The number of pyridine rings is 1. The Morgan fingerprint density at radius 1 is 1.69 bits per heavy atom. The maximum atomic E-state index is 11.3. The standard InChI is InChI=1S/C8H8BrN3O/c1-2-12-7-5(4-10-12)3-6(9)8(13)11-7/h3-4H,2H2,1H3,(H,11,13). The van der Waals surface area contributed by atoms with Gasteiger partial charge in [0.1, 0.15) is 5.65 Å². The predicted molar refractivity (Wildman–Crippen MR) is 53.7 cm³/mol. The van der Waals surface area contributed by atoms with Crippen LogP contribution in [-0.4, -0.2) is 14.8 Å². The molecule has 0 radical (unpaired) electrons. The molecule has 5 heteroatoms. The van der Waals surface area contributed by atoms with Crippen molar-refractivity contribution in [1.82, 2.24) is 14.8 Å². The van der Waals surface area contributed by atoms with Gasteiger partial charge in [0.15, 0.2) is 0 Å². The zero-order valence-electron chi connectivity index (χ0n) is 7.04. The van der Waals surface area contributed by atoms with Gasteiger partial charge in [0.2, 0.25) is 0 Å². The van der Waals surface area contributed by atoms with Crippen molar-refractivity contribution < 1.29 is 0 Å². The Morgan fingerprint density at radius 3 is 3.15 bits per heavy atom. The normalized spacial score (nSPS) is 10.9. The lowest BCUT2D eigenvalue weighted by Gasteiger charge is -1.97. The molecule has 0 unspecified atom stereocenters. The minimum atomic E-state index is -0.122. The number of hydrogen-bond acceptors (Lipinski definition) is 2. The SMILES string of the molecule is CCn1ncc2cc(Br)c(=O)[nH]c21. The highest BCUT2D eigenvalue weighted by Gasteiger charge is 2.04. The van der Waals surface area contributed by atoms with Crippen LogP contribution in [0.4, 0.5) is 0 Å². The third-order valence-electron chi connectivity index (χ3n) is 1.90. The van der Waals surface area contributed by atoms with E-state index in [-0.39, 0.29) is 5.56 Å². The molecule has 2 aromatic heterocycles. The molecule has 0 fully saturated rings. The van der Waals surface area contributed by atoms with Gasteiger partial charge in [-0.25, -0.2) is 4.68 Å². The molecule has 2 aromatic rings. The molecule has 0 saturated heterocycles. The Hall–Kier alpha value is -1.10. The molecule has 0 saturated carbocycles. The monoisotopic (exact) mass is 241 g/mol. The van der Waals surface area contributed by atoms with Gasteiger partial charge in [-0.05, 0) is 28.9 Å². The molecule has 2 rings (SSSR count). The van der Waals surface area contributed by atoms with E-state index in [4.69, 9.17) is 0 Å². The van der Waals surface area contributed by atoms with Crippen molar-refractivity contribution in [3.63, 3.8) is 0 Å². The van der Waals surface area contributed by atoms with Crippen molar-refractivity contribution in [2.45, 2.75) is 13.5 Å². The molecule has 1 N–H and O–H groups in total. The van der Waals surface area contributed by atoms with Crippen LogP contribution in [0.5, 0.6) is 0 Å². The second kappa shape index (κ2) is 2.99. The van der Waals surface area contributed by atoms with E-state index in [1.807, 2.05) is 6.92 Å². The van der Waals surface area contributed by atoms with Gasteiger partial charge in [-0.3, -0.25) is 4.79 Å². The quantitative estimate of drug-likeness (QED) is 0.823. The maximum absolute atomic E-state index is 11.3. The second-order valence-electron chi connectivity index (χ2n) is 2.71. The number of nitrogens with zero attached hydrogens (tertiary/aromatic N) is 2. The van der Waals surface area contributed by atoms with Crippen LogP contribution in [-0.2, 0) is 6.54 Å². The largest absolute Gasteiger partial charge is 0.306 e. The molecule has 0 bridgehead atoms. The summed E-state index contributed by atoms with van der Waals surface area (Å²) in [6, 6.07) is 1.77. The molecule has 0 aromatic carbocycles. The number of hydrogen-bond donors (Lipinski definition) is 1. The zero-order chi connectivity index (χ0) is 9.42. The van der Waals surface area contributed by atoms with Gasteiger partial charge >= 0.3 is 0 Å². The van der Waals surface area contributed by atoms with Gasteiger partial charge in [0, 0.05) is 11.9 Å². The van der Waals surface area contributed by atoms with Crippen LogP contribution in [0, 0.1) is 0 Å². The molecule has 13 heavy (non-hydrogen) atoms. The van der Waals surface area contributed by atoms with Crippen LogP contribution in [0.25, 0.3) is 11.0 Å². The lowest BCUT2D eigenvalue weighted by Crippen LogP contribution is -2.08. The molecule has 0 atom stereocenters. The Labute approximate surface area is 82.7 Å². The van der Waals surface area contributed by atoms with E-state index in [9.17, 15) is 4.79 Å². The number of halogens is 1. The van der Waals surface area contributed by atoms with E-state index in [1.54, 1.807) is 16.9 Å². The Balaban J connectivity index is 2.84. The summed E-state index contributed by atoms with van der Waals surface area (Å²) in [6.45, 7) is 2.73. The minimum Gasteiger partial charge on any atom is -0.306 e. The molecule has 0 aliphatic heterocycles. The summed E-state index contributed by atoms with van der Waals surface area (Å²) in [5.74, 6) is 0. The number of nitrogens with one attached hydrogen (secondary N) is 1. The first-order valence-electron chi connectivity index (χ1n) is 3.96. The van der Waals surface area contributed by atoms with Gasteiger partial charge in [-0.1, -0.05) is 0 Å². The number of fused-ring (bicyclic) bond motifs is 1. The van der Waals surface area contributed by atoms with E-state index >= 15 is 0 Å². The van der Waals surface area contributed by atoms with E-state index in [2.05, 4.69) is 26.0 Å². The first-order chi connectivity index (χ1) is 6.22. The van der Waals surface area contributed by atoms with E-state index in [1.165, 1.54) is 0 Å². The fourth-order valence-corrected chi connectivity index (χ4v) is 1.60. The summed E-state index contributed by atoms with van der Waals surface area (Å²) < 4.78 is 2.29. The van der Waals surface area contributed by atoms with Crippen LogP contribution in [0.3, 0.4) is 0 Å². The van der Waals surface area contributed by atoms with Crippen LogP contribution in [0.1, 0.15) is 6.92 Å². The van der Waals surface area contributed by atoms with Crippen molar-refractivity contribution in [2.24, 2.45) is 0 Å². The number of rotatable bonds is 1. The Kier molecular flexibility index (Phi) is 1.95. The number of aromatic nitrogens is 3. The summed E-state index contributed by atoms with van der Waals surface area (Å²) in [6.07, 6.45) is 1.74. The zero-order valence-corrected chi connectivity index (χ0v) is 8.63. The van der Waals surface area contributed by atoms with Gasteiger partial charge in [-0.15, -0.1) is 0 Å². The number of aromatic amines is 1. The molecular formula is C8H8BrN3O. The smallest absolute Gasteiger partial charge is 0.263 e. The van der Waals surface area contributed by atoms with Crippen molar-refractivity contribution in [3.05, 3.63) is 27.1 Å². The fourth-order valence-electron chi connectivity index (χ4n) is 1.25. The molecule has 0 spiro atoms. The van der Waals surface area contributed by atoms with Crippen LogP contribution in [0.2, 0.25) is 0 Å². The molecule has 68 valence electrons. The van der Waals surface area contributed by atoms with Gasteiger partial charge in [0.05, 0.1) is 10.7 Å². The summed E-state index contributed by atoms with van der Waals surface area (Å²) in [5, 5.41) is 5.06. The third kappa shape index (κ3) is 1.29. The third-order valence-corrected chi connectivity index (χ3v) is 2.49. The molecule has 2 heterocycles. The van der Waals surface area contributed by atoms with Gasteiger partial charge < -0.3 is 4.98 Å². The topological polar surface area (TPSA) is 50.7 Å². The van der Waals surface area contributed by atoms with E-state index in [0.29, 0.717) is 4.47 Å². The Morgan fingerprint density at radius 2 is 2.46 bits per heavy atom. The number of aryl methyl sites for hydroxylation is 1. The van der Waals surface area contributed by atoms with E-state index in [0.717, 1.165) is 17.6 Å². The van der Waals surface area contributed by atoms with Crippen molar-refractivity contribution >= 4 is 27.0 Å². The highest BCUT2D eigenvalue weighted by Crippen LogP contribution is 2.12. The lowest BCUT2D eigenvalue weighted by molar-refractivity contribution is 0.676. The highest BCUT2D eigenvalue weighted by atomic mass is 79.9. The minimum absolute atomic E-state index is 0.122. The molecular weight excluding hydrogens is 234 g/mol. The lowest BCUT2D eigenvalue weighted by atomic mass is 10.3.